The number of benzene rings is 1. The molecular weight excluding hydrogens is 312 g/mol. The number of hydrogen-bond donors (Lipinski definition) is 2. The lowest BCUT2D eigenvalue weighted by Crippen LogP contribution is -2.37. The Morgan fingerprint density at radius 2 is 2.38 bits per heavy atom. The molecule has 2 N–H and O–H groups in total. The van der Waals surface area contributed by atoms with Crippen LogP contribution in [0.3, 0.4) is 0 Å². The van der Waals surface area contributed by atoms with Crippen LogP contribution in [0.2, 0.25) is 0 Å². The second-order valence-electron chi connectivity index (χ2n) is 3.27. The van der Waals surface area contributed by atoms with Crippen molar-refractivity contribution in [1.29, 1.82) is 0 Å². The van der Waals surface area contributed by atoms with Crippen molar-refractivity contribution in [2.45, 2.75) is 6.04 Å². The zero-order valence-electron chi connectivity index (χ0n) is 8.40. The minimum Gasteiger partial charge on any atom is -0.325 e. The molecule has 1 aromatic carbocycles. The van der Waals surface area contributed by atoms with E-state index in [-0.39, 0.29) is 24.4 Å². The van der Waals surface area contributed by atoms with E-state index in [0.29, 0.717) is 0 Å². The molecule has 0 aromatic heterocycles. The van der Waals surface area contributed by atoms with Crippen LogP contribution in [0, 0.1) is 0 Å². The first-order valence-electron chi connectivity index (χ1n) is 4.63. The molecule has 1 saturated heterocycles. The van der Waals surface area contributed by atoms with E-state index in [2.05, 4.69) is 26.6 Å². The van der Waals surface area contributed by atoms with Gasteiger partial charge in [0.25, 0.3) is 0 Å². The molecule has 1 aromatic rings. The summed E-state index contributed by atoms with van der Waals surface area (Å²) >= 11 is 5.11. The van der Waals surface area contributed by atoms with E-state index < -0.39 is 0 Å². The molecule has 88 valence electrons. The highest BCUT2D eigenvalue weighted by Crippen LogP contribution is 2.17. The van der Waals surface area contributed by atoms with Gasteiger partial charge >= 0.3 is 0 Å². The Hall–Kier alpha value is -0.230. The number of carbonyl (C=O) groups is 1. The van der Waals surface area contributed by atoms with E-state index in [1.165, 1.54) is 0 Å². The number of hydrogen-bond acceptors (Lipinski definition) is 3. The Bertz CT molecular complexity index is 372. The van der Waals surface area contributed by atoms with Crippen LogP contribution in [0.15, 0.2) is 28.7 Å². The Balaban J connectivity index is 0.00000128. The molecular formula is C10H12BrClN2OS. The molecule has 2 rings (SSSR count). The van der Waals surface area contributed by atoms with Crippen molar-refractivity contribution in [2.24, 2.45) is 0 Å². The van der Waals surface area contributed by atoms with Gasteiger partial charge in [-0.3, -0.25) is 10.1 Å². The van der Waals surface area contributed by atoms with Crippen LogP contribution < -0.4 is 10.6 Å². The average molecular weight is 324 g/mol. The summed E-state index contributed by atoms with van der Waals surface area (Å²) in [6.45, 7) is 0. The fraction of sp³-hybridized carbons (Fsp3) is 0.300. The highest BCUT2D eigenvalue weighted by molar-refractivity contribution is 9.10. The molecule has 1 fully saturated rings. The van der Waals surface area contributed by atoms with Crippen LogP contribution in [0.25, 0.3) is 0 Å². The number of carbonyl (C=O) groups excluding carboxylic acids is 1. The second-order valence-corrected chi connectivity index (χ2v) is 5.22. The van der Waals surface area contributed by atoms with Crippen molar-refractivity contribution >= 4 is 51.7 Å². The zero-order chi connectivity index (χ0) is 10.7. The number of rotatable bonds is 2. The molecule has 1 amide bonds. The minimum atomic E-state index is -0.0611. The van der Waals surface area contributed by atoms with Gasteiger partial charge in [-0.2, -0.15) is 0 Å². The number of anilines is 1. The van der Waals surface area contributed by atoms with Crippen molar-refractivity contribution in [1.82, 2.24) is 5.32 Å². The van der Waals surface area contributed by atoms with Gasteiger partial charge in [-0.1, -0.05) is 22.0 Å². The molecule has 0 bridgehead atoms. The standard InChI is InChI=1S/C10H11BrN2OS.ClH/c11-7-2-1-3-8(4-7)13-10(14)9-5-15-6-12-9;/h1-4,9,12H,5-6H2,(H,13,14);1H/t9-;/m1./s1. The third-order valence-corrected chi connectivity index (χ3v) is 3.56. The second kappa shape index (κ2) is 6.49. The van der Waals surface area contributed by atoms with Crippen molar-refractivity contribution in [2.75, 3.05) is 16.9 Å². The van der Waals surface area contributed by atoms with Crippen LogP contribution in [-0.4, -0.2) is 23.6 Å². The molecule has 1 atom stereocenters. The van der Waals surface area contributed by atoms with E-state index in [4.69, 9.17) is 0 Å². The van der Waals surface area contributed by atoms with Crippen LogP contribution in [0.1, 0.15) is 0 Å². The molecule has 3 nitrogen and oxygen atoms in total. The van der Waals surface area contributed by atoms with Crippen LogP contribution in [0.4, 0.5) is 5.69 Å². The van der Waals surface area contributed by atoms with Crippen LogP contribution in [-0.2, 0) is 4.79 Å². The van der Waals surface area contributed by atoms with Gasteiger partial charge in [0.05, 0.1) is 6.04 Å². The van der Waals surface area contributed by atoms with Gasteiger partial charge in [0, 0.05) is 21.8 Å². The lowest BCUT2D eigenvalue weighted by molar-refractivity contribution is -0.117. The average Bonchev–Trinajstić information content (AvgIpc) is 2.70. The van der Waals surface area contributed by atoms with Crippen molar-refractivity contribution in [3.8, 4) is 0 Å². The Morgan fingerprint density at radius 1 is 1.56 bits per heavy atom. The molecule has 6 heteroatoms. The molecule has 0 saturated carbocycles. The number of amides is 1. The maximum absolute atomic E-state index is 11.7. The van der Waals surface area contributed by atoms with Crippen molar-refractivity contribution in [3.63, 3.8) is 0 Å². The number of nitrogens with one attached hydrogen (secondary N) is 2. The van der Waals surface area contributed by atoms with Gasteiger partial charge in [0.1, 0.15) is 0 Å². The molecule has 16 heavy (non-hydrogen) atoms. The molecule has 0 radical (unpaired) electrons. The first-order chi connectivity index (χ1) is 7.25. The summed E-state index contributed by atoms with van der Waals surface area (Å²) in [7, 11) is 0. The summed E-state index contributed by atoms with van der Waals surface area (Å²) in [5.41, 5.74) is 0.827. The lowest BCUT2D eigenvalue weighted by Gasteiger charge is -2.10. The quantitative estimate of drug-likeness (QED) is 0.878. The molecule has 1 aliphatic heterocycles. The monoisotopic (exact) mass is 322 g/mol. The van der Waals surface area contributed by atoms with Crippen LogP contribution in [0.5, 0.6) is 0 Å². The fourth-order valence-corrected chi connectivity index (χ4v) is 2.70. The maximum Gasteiger partial charge on any atom is 0.242 e. The van der Waals surface area contributed by atoms with Crippen molar-refractivity contribution in [3.05, 3.63) is 28.7 Å². The smallest absolute Gasteiger partial charge is 0.242 e. The summed E-state index contributed by atoms with van der Waals surface area (Å²) in [6.07, 6.45) is 0. The Labute approximate surface area is 113 Å². The molecule has 1 heterocycles. The molecule has 0 spiro atoms. The topological polar surface area (TPSA) is 41.1 Å². The molecule has 1 aliphatic rings. The molecule has 0 aliphatic carbocycles. The van der Waals surface area contributed by atoms with Gasteiger partial charge in [-0.15, -0.1) is 24.2 Å². The lowest BCUT2D eigenvalue weighted by atomic mass is 10.3. The Morgan fingerprint density at radius 3 is 3.00 bits per heavy atom. The summed E-state index contributed by atoms with van der Waals surface area (Å²) in [4.78, 5) is 11.7. The van der Waals surface area contributed by atoms with Gasteiger partial charge < -0.3 is 5.32 Å². The summed E-state index contributed by atoms with van der Waals surface area (Å²) in [5, 5.41) is 6.01. The van der Waals surface area contributed by atoms with Gasteiger partial charge in [-0.05, 0) is 18.2 Å². The van der Waals surface area contributed by atoms with E-state index in [9.17, 15) is 4.79 Å². The summed E-state index contributed by atoms with van der Waals surface area (Å²) in [5.74, 6) is 1.74. The van der Waals surface area contributed by atoms with Gasteiger partial charge in [0.15, 0.2) is 0 Å². The normalized spacial score (nSPS) is 18.9. The minimum absolute atomic E-state index is 0. The highest BCUT2D eigenvalue weighted by Gasteiger charge is 2.22. The SMILES string of the molecule is Cl.O=C(Nc1cccc(Br)c1)[C@H]1CSCN1. The first kappa shape index (κ1) is 13.8. The fourth-order valence-electron chi connectivity index (χ4n) is 1.36. The third kappa shape index (κ3) is 3.66. The van der Waals surface area contributed by atoms with Gasteiger partial charge in [-0.25, -0.2) is 0 Å². The van der Waals surface area contributed by atoms with Crippen LogP contribution >= 0.6 is 40.1 Å². The largest absolute Gasteiger partial charge is 0.325 e. The van der Waals surface area contributed by atoms with E-state index >= 15 is 0 Å². The summed E-state index contributed by atoms with van der Waals surface area (Å²) in [6, 6.07) is 7.54. The van der Waals surface area contributed by atoms with Gasteiger partial charge in [0.2, 0.25) is 5.91 Å². The maximum atomic E-state index is 11.7. The van der Waals surface area contributed by atoms with Crippen molar-refractivity contribution < 1.29 is 4.79 Å². The van der Waals surface area contributed by atoms with E-state index in [0.717, 1.165) is 21.8 Å². The predicted molar refractivity (Wildman–Crippen MR) is 74.3 cm³/mol. The van der Waals surface area contributed by atoms with E-state index in [1.54, 1.807) is 11.8 Å². The highest BCUT2D eigenvalue weighted by atomic mass is 79.9. The zero-order valence-corrected chi connectivity index (χ0v) is 11.6. The Kier molecular flexibility index (Phi) is 5.61. The van der Waals surface area contributed by atoms with E-state index in [1.807, 2.05) is 24.3 Å². The summed E-state index contributed by atoms with van der Waals surface area (Å²) < 4.78 is 0.967. The first-order valence-corrected chi connectivity index (χ1v) is 6.58. The number of halogens is 2. The predicted octanol–water partition coefficient (Wildman–Crippen LogP) is 2.47. The number of thioether (sulfide) groups is 1. The molecule has 0 unspecified atom stereocenters. The third-order valence-electron chi connectivity index (χ3n) is 2.12.